The molecule has 100 valence electrons. The molecule has 1 aromatic carbocycles. The summed E-state index contributed by atoms with van der Waals surface area (Å²) in [5.74, 6) is 5.88. The van der Waals surface area contributed by atoms with Crippen molar-refractivity contribution >= 4 is 5.91 Å². The molecule has 0 aliphatic heterocycles. The summed E-state index contributed by atoms with van der Waals surface area (Å²) in [6.45, 7) is 4.79. The molecular weight excluding hydrogens is 228 g/mol. The van der Waals surface area contributed by atoms with Gasteiger partial charge in [-0.2, -0.15) is 0 Å². The molecule has 0 aromatic heterocycles. The van der Waals surface area contributed by atoms with E-state index in [-0.39, 0.29) is 5.91 Å². The smallest absolute Gasteiger partial charge is 0.233 e. The molecule has 0 bridgehead atoms. The van der Waals surface area contributed by atoms with Gasteiger partial charge in [-0.3, -0.25) is 10.2 Å². The molecule has 1 amide bonds. The quantitative estimate of drug-likeness (QED) is 0.337. The molecule has 0 radical (unpaired) electrons. The predicted molar refractivity (Wildman–Crippen MR) is 72.2 cm³/mol. The number of carbonyl (C=O) groups excluding carboxylic acids is 1. The normalized spacial score (nSPS) is 10.2. The number of nitrogens with one attached hydrogen (secondary N) is 1. The van der Waals surface area contributed by atoms with E-state index in [9.17, 15) is 4.79 Å². The number of ether oxygens (including phenoxy) is 1. The molecule has 0 fully saturated rings. The minimum atomic E-state index is -0.106. The van der Waals surface area contributed by atoms with Crippen LogP contribution in [-0.2, 0) is 4.79 Å². The number of nitrogens with two attached hydrogens (primary N) is 1. The van der Waals surface area contributed by atoms with Crippen LogP contribution >= 0.6 is 0 Å². The number of carbonyl (C=O) groups is 1. The van der Waals surface area contributed by atoms with Gasteiger partial charge in [-0.1, -0.05) is 18.2 Å². The summed E-state index contributed by atoms with van der Waals surface area (Å²) in [6.07, 6.45) is 3.25. The van der Waals surface area contributed by atoms with Gasteiger partial charge in [0.25, 0.3) is 0 Å². The van der Waals surface area contributed by atoms with Gasteiger partial charge >= 0.3 is 0 Å². The van der Waals surface area contributed by atoms with Gasteiger partial charge in [0.1, 0.15) is 5.75 Å². The first-order valence-corrected chi connectivity index (χ1v) is 6.33. The summed E-state index contributed by atoms with van der Waals surface area (Å²) in [7, 11) is 0. The Labute approximate surface area is 108 Å². The molecule has 3 N–H and O–H groups in total. The Balaban J connectivity index is 2.20. The zero-order valence-electron chi connectivity index (χ0n) is 11.2. The molecule has 4 nitrogen and oxygen atoms in total. The van der Waals surface area contributed by atoms with Crippen molar-refractivity contribution in [3.63, 3.8) is 0 Å². The number of hydrogen-bond donors (Lipinski definition) is 2. The van der Waals surface area contributed by atoms with Crippen LogP contribution in [0.4, 0.5) is 0 Å². The Morgan fingerprint density at radius 2 is 1.89 bits per heavy atom. The lowest BCUT2D eigenvalue weighted by Gasteiger charge is -2.11. The summed E-state index contributed by atoms with van der Waals surface area (Å²) in [5, 5.41) is 0. The molecule has 0 spiro atoms. The fourth-order valence-corrected chi connectivity index (χ4v) is 1.84. The molecule has 0 heterocycles. The highest BCUT2D eigenvalue weighted by Crippen LogP contribution is 2.22. The molecule has 0 saturated carbocycles. The number of para-hydroxylation sites is 1. The Kier molecular flexibility index (Phi) is 6.22. The maximum atomic E-state index is 10.9. The van der Waals surface area contributed by atoms with Crippen LogP contribution in [0.2, 0.25) is 0 Å². The first-order valence-electron chi connectivity index (χ1n) is 6.33. The van der Waals surface area contributed by atoms with Crippen molar-refractivity contribution in [2.45, 2.75) is 39.5 Å². The number of benzene rings is 1. The minimum Gasteiger partial charge on any atom is -0.493 e. The number of rotatable bonds is 7. The van der Waals surface area contributed by atoms with Crippen molar-refractivity contribution in [2.75, 3.05) is 6.61 Å². The standard InChI is InChI=1S/C14H22N2O2/c1-11-7-6-8-12(2)14(11)18-10-5-3-4-9-13(17)16-15/h6-8H,3-5,9-10,15H2,1-2H3,(H,16,17). The van der Waals surface area contributed by atoms with Crippen molar-refractivity contribution in [1.82, 2.24) is 5.43 Å². The van der Waals surface area contributed by atoms with Crippen LogP contribution in [0.1, 0.15) is 36.8 Å². The Morgan fingerprint density at radius 3 is 2.50 bits per heavy atom. The van der Waals surface area contributed by atoms with Crippen molar-refractivity contribution in [3.8, 4) is 5.75 Å². The van der Waals surface area contributed by atoms with E-state index >= 15 is 0 Å². The van der Waals surface area contributed by atoms with Gasteiger partial charge < -0.3 is 4.74 Å². The van der Waals surface area contributed by atoms with Crippen molar-refractivity contribution in [3.05, 3.63) is 29.3 Å². The lowest BCUT2D eigenvalue weighted by Crippen LogP contribution is -2.29. The number of hydrazine groups is 1. The molecule has 0 unspecified atom stereocenters. The first kappa shape index (κ1) is 14.5. The van der Waals surface area contributed by atoms with Crippen LogP contribution in [0.25, 0.3) is 0 Å². The predicted octanol–water partition coefficient (Wildman–Crippen LogP) is 2.23. The van der Waals surface area contributed by atoms with Gasteiger partial charge in [-0.05, 0) is 44.2 Å². The summed E-state index contributed by atoms with van der Waals surface area (Å²) >= 11 is 0. The zero-order chi connectivity index (χ0) is 13.4. The number of unbranched alkanes of at least 4 members (excludes halogenated alkanes) is 2. The van der Waals surface area contributed by atoms with E-state index in [1.165, 1.54) is 0 Å². The van der Waals surface area contributed by atoms with E-state index < -0.39 is 0 Å². The fourth-order valence-electron chi connectivity index (χ4n) is 1.84. The van der Waals surface area contributed by atoms with E-state index in [2.05, 4.69) is 5.43 Å². The second kappa shape index (κ2) is 7.71. The highest BCUT2D eigenvalue weighted by Gasteiger charge is 2.03. The second-order valence-electron chi connectivity index (χ2n) is 4.45. The van der Waals surface area contributed by atoms with Crippen LogP contribution < -0.4 is 16.0 Å². The summed E-state index contributed by atoms with van der Waals surface area (Å²) < 4.78 is 5.78. The zero-order valence-corrected chi connectivity index (χ0v) is 11.2. The number of amides is 1. The van der Waals surface area contributed by atoms with Gasteiger partial charge in [-0.15, -0.1) is 0 Å². The molecule has 0 aliphatic rings. The molecule has 0 aliphatic carbocycles. The van der Waals surface area contributed by atoms with E-state index in [0.29, 0.717) is 13.0 Å². The largest absolute Gasteiger partial charge is 0.493 e. The Bertz CT molecular complexity index is 371. The molecular formula is C14H22N2O2. The Morgan fingerprint density at radius 1 is 1.22 bits per heavy atom. The second-order valence-corrected chi connectivity index (χ2v) is 4.45. The summed E-state index contributed by atoms with van der Waals surface area (Å²) in [4.78, 5) is 10.9. The van der Waals surface area contributed by atoms with Crippen molar-refractivity contribution in [2.24, 2.45) is 5.84 Å². The fraction of sp³-hybridized carbons (Fsp3) is 0.500. The van der Waals surface area contributed by atoms with Crippen LogP contribution in [0.3, 0.4) is 0 Å². The highest BCUT2D eigenvalue weighted by molar-refractivity contribution is 5.75. The summed E-state index contributed by atoms with van der Waals surface area (Å²) in [6, 6.07) is 6.13. The van der Waals surface area contributed by atoms with Crippen LogP contribution in [0.15, 0.2) is 18.2 Å². The molecule has 1 rings (SSSR count). The maximum Gasteiger partial charge on any atom is 0.233 e. The van der Waals surface area contributed by atoms with Gasteiger partial charge in [0.05, 0.1) is 6.61 Å². The molecule has 1 aromatic rings. The van der Waals surface area contributed by atoms with Gasteiger partial charge in [0.2, 0.25) is 5.91 Å². The summed E-state index contributed by atoms with van der Waals surface area (Å²) in [5.41, 5.74) is 4.46. The third-order valence-corrected chi connectivity index (χ3v) is 2.86. The Hall–Kier alpha value is -1.55. The van der Waals surface area contributed by atoms with Crippen LogP contribution in [0.5, 0.6) is 5.75 Å². The van der Waals surface area contributed by atoms with Gasteiger partial charge in [0.15, 0.2) is 0 Å². The number of hydrogen-bond acceptors (Lipinski definition) is 3. The first-order chi connectivity index (χ1) is 8.65. The van der Waals surface area contributed by atoms with E-state index in [4.69, 9.17) is 10.6 Å². The third-order valence-electron chi connectivity index (χ3n) is 2.86. The molecule has 0 atom stereocenters. The monoisotopic (exact) mass is 250 g/mol. The van der Waals surface area contributed by atoms with Gasteiger partial charge in [-0.25, -0.2) is 5.84 Å². The molecule has 18 heavy (non-hydrogen) atoms. The minimum absolute atomic E-state index is 0.106. The van der Waals surface area contributed by atoms with Crippen LogP contribution in [0, 0.1) is 13.8 Å². The van der Waals surface area contributed by atoms with Gasteiger partial charge in [0, 0.05) is 6.42 Å². The average Bonchev–Trinajstić information content (AvgIpc) is 2.36. The third kappa shape index (κ3) is 4.75. The molecule has 0 saturated heterocycles. The van der Waals surface area contributed by atoms with E-state index in [1.54, 1.807) is 0 Å². The maximum absolute atomic E-state index is 10.9. The highest BCUT2D eigenvalue weighted by atomic mass is 16.5. The van der Waals surface area contributed by atoms with Crippen molar-refractivity contribution < 1.29 is 9.53 Å². The van der Waals surface area contributed by atoms with Crippen molar-refractivity contribution in [1.29, 1.82) is 0 Å². The number of aryl methyl sites for hydroxylation is 2. The van der Waals surface area contributed by atoms with E-state index in [1.807, 2.05) is 32.0 Å². The average molecular weight is 250 g/mol. The van der Waals surface area contributed by atoms with Crippen LogP contribution in [-0.4, -0.2) is 12.5 Å². The molecule has 4 heteroatoms. The lowest BCUT2D eigenvalue weighted by molar-refractivity contribution is -0.121. The van der Waals surface area contributed by atoms with E-state index in [0.717, 1.165) is 36.1 Å². The lowest BCUT2D eigenvalue weighted by atomic mass is 10.1. The topological polar surface area (TPSA) is 64.3 Å². The SMILES string of the molecule is Cc1cccc(C)c1OCCCCCC(=O)NN.